The van der Waals surface area contributed by atoms with Gasteiger partial charge in [0, 0.05) is 27.4 Å². The van der Waals surface area contributed by atoms with Gasteiger partial charge in [0.1, 0.15) is 11.2 Å². The lowest BCUT2D eigenvalue weighted by Gasteiger charge is -2.26. The molecule has 7 aromatic carbocycles. The maximum Gasteiger partial charge on any atom is 0.144 e. The molecular formula is C41H27NO. The predicted octanol–water partition coefficient (Wildman–Crippen LogP) is 10.8. The number of para-hydroxylation sites is 1. The predicted molar refractivity (Wildman–Crippen MR) is 181 cm³/mol. The molecule has 9 rings (SSSR count). The maximum atomic E-state index is 6.81. The van der Waals surface area contributed by atoms with Gasteiger partial charge in [0.05, 0.1) is 6.04 Å². The van der Waals surface area contributed by atoms with Crippen molar-refractivity contribution in [2.45, 2.75) is 6.04 Å². The normalized spacial score (nSPS) is 15.2. The zero-order chi connectivity index (χ0) is 28.3. The third kappa shape index (κ3) is 3.73. The van der Waals surface area contributed by atoms with Gasteiger partial charge in [-0.05, 0) is 67.9 Å². The van der Waals surface area contributed by atoms with Crippen LogP contribution in [-0.2, 0) is 0 Å². The van der Waals surface area contributed by atoms with Crippen molar-refractivity contribution < 1.29 is 4.42 Å². The molecule has 8 aromatic rings. The molecule has 0 amide bonds. The van der Waals surface area contributed by atoms with Crippen molar-refractivity contribution in [3.05, 3.63) is 168 Å². The Morgan fingerprint density at radius 3 is 1.84 bits per heavy atom. The second-order valence-corrected chi connectivity index (χ2v) is 11.3. The Kier molecular flexibility index (Phi) is 5.30. The zero-order valence-corrected chi connectivity index (χ0v) is 23.4. The van der Waals surface area contributed by atoms with Gasteiger partial charge in [0.2, 0.25) is 0 Å². The van der Waals surface area contributed by atoms with Gasteiger partial charge in [-0.15, -0.1) is 0 Å². The summed E-state index contributed by atoms with van der Waals surface area (Å²) in [4.78, 5) is 0. The highest BCUT2D eigenvalue weighted by Crippen LogP contribution is 2.45. The summed E-state index contributed by atoms with van der Waals surface area (Å²) < 4.78 is 6.81. The monoisotopic (exact) mass is 549 g/mol. The van der Waals surface area contributed by atoms with Crippen LogP contribution in [-0.4, -0.2) is 0 Å². The molecule has 0 saturated heterocycles. The van der Waals surface area contributed by atoms with Crippen LogP contribution >= 0.6 is 0 Å². The van der Waals surface area contributed by atoms with Crippen molar-refractivity contribution in [2.24, 2.45) is 0 Å². The molecule has 202 valence electrons. The minimum atomic E-state index is 0.0219. The molecule has 1 N–H and O–H groups in total. The maximum absolute atomic E-state index is 6.81. The van der Waals surface area contributed by atoms with E-state index in [1.54, 1.807) is 0 Å². The number of allylic oxidation sites excluding steroid dienone is 2. The summed E-state index contributed by atoms with van der Waals surface area (Å²) in [6, 6.07) is 49.7. The summed E-state index contributed by atoms with van der Waals surface area (Å²) in [7, 11) is 0. The Hall–Kier alpha value is -5.60. The molecule has 2 nitrogen and oxygen atoms in total. The van der Waals surface area contributed by atoms with Crippen molar-refractivity contribution in [3.63, 3.8) is 0 Å². The molecule has 0 fully saturated rings. The molecule has 0 aliphatic carbocycles. The van der Waals surface area contributed by atoms with E-state index in [-0.39, 0.29) is 6.04 Å². The van der Waals surface area contributed by atoms with Gasteiger partial charge in [-0.3, -0.25) is 0 Å². The first-order valence-corrected chi connectivity index (χ1v) is 14.8. The van der Waals surface area contributed by atoms with Gasteiger partial charge in [-0.2, -0.15) is 0 Å². The number of benzene rings is 7. The summed E-state index contributed by atoms with van der Waals surface area (Å²) in [5.41, 5.74) is 7.71. The van der Waals surface area contributed by atoms with E-state index in [0.717, 1.165) is 33.2 Å². The quantitative estimate of drug-likeness (QED) is 0.222. The van der Waals surface area contributed by atoms with Crippen LogP contribution in [0.4, 0.5) is 0 Å². The molecule has 0 bridgehead atoms. The molecule has 1 atom stereocenters. The second kappa shape index (κ2) is 9.47. The second-order valence-electron chi connectivity index (χ2n) is 11.3. The summed E-state index contributed by atoms with van der Waals surface area (Å²) in [5.74, 6) is 0. The summed E-state index contributed by atoms with van der Waals surface area (Å²) >= 11 is 0. The largest absolute Gasteiger partial charge is 0.455 e. The zero-order valence-electron chi connectivity index (χ0n) is 23.4. The molecular weight excluding hydrogens is 522 g/mol. The first kappa shape index (κ1) is 24.0. The molecule has 1 aliphatic heterocycles. The van der Waals surface area contributed by atoms with E-state index in [0.29, 0.717) is 0 Å². The third-order valence-electron chi connectivity index (χ3n) is 8.87. The first-order valence-electron chi connectivity index (χ1n) is 14.8. The highest BCUT2D eigenvalue weighted by Gasteiger charge is 2.24. The molecule has 0 radical (unpaired) electrons. The number of hydrogen-bond acceptors (Lipinski definition) is 2. The lowest BCUT2D eigenvalue weighted by atomic mass is 9.88. The Morgan fingerprint density at radius 2 is 1.09 bits per heavy atom. The average Bonchev–Trinajstić information content (AvgIpc) is 3.48. The SMILES string of the molecule is C1=C(c2ccccc2)C=C(c2cc3c4ccccc4c4ccccc4c3c3oc4ccccc4c23)NC1c1ccccc1. The summed E-state index contributed by atoms with van der Waals surface area (Å²) in [5, 5.41) is 13.5. The molecule has 0 saturated carbocycles. The van der Waals surface area contributed by atoms with Crippen LogP contribution < -0.4 is 5.32 Å². The summed E-state index contributed by atoms with van der Waals surface area (Å²) in [6.45, 7) is 0. The van der Waals surface area contributed by atoms with Crippen LogP contribution in [0.1, 0.15) is 22.7 Å². The summed E-state index contributed by atoms with van der Waals surface area (Å²) in [6.07, 6.45) is 4.64. The van der Waals surface area contributed by atoms with Gasteiger partial charge < -0.3 is 9.73 Å². The average molecular weight is 550 g/mol. The van der Waals surface area contributed by atoms with E-state index in [9.17, 15) is 0 Å². The number of fused-ring (bicyclic) bond motifs is 10. The molecule has 2 heteroatoms. The Balaban J connectivity index is 1.42. The fourth-order valence-corrected chi connectivity index (χ4v) is 6.92. The molecule has 1 aliphatic rings. The van der Waals surface area contributed by atoms with E-state index in [1.165, 1.54) is 49.0 Å². The van der Waals surface area contributed by atoms with E-state index >= 15 is 0 Å². The number of furan rings is 1. The van der Waals surface area contributed by atoms with Crippen molar-refractivity contribution in [1.29, 1.82) is 0 Å². The molecule has 1 aromatic heterocycles. The highest BCUT2D eigenvalue weighted by molar-refractivity contribution is 6.33. The molecule has 0 spiro atoms. The van der Waals surface area contributed by atoms with Crippen LogP contribution in [0.25, 0.3) is 65.5 Å². The molecule has 2 heterocycles. The number of dihydropyridines is 1. The Morgan fingerprint density at radius 1 is 0.512 bits per heavy atom. The van der Waals surface area contributed by atoms with Gasteiger partial charge in [-0.1, -0.05) is 127 Å². The minimum Gasteiger partial charge on any atom is -0.455 e. The van der Waals surface area contributed by atoms with Gasteiger partial charge in [-0.25, -0.2) is 0 Å². The van der Waals surface area contributed by atoms with Gasteiger partial charge in [0.25, 0.3) is 0 Å². The lowest BCUT2D eigenvalue weighted by Crippen LogP contribution is -2.21. The van der Waals surface area contributed by atoms with Crippen LogP contribution in [0, 0.1) is 0 Å². The molecule has 1 unspecified atom stereocenters. The van der Waals surface area contributed by atoms with Crippen LogP contribution in [0.5, 0.6) is 0 Å². The van der Waals surface area contributed by atoms with E-state index < -0.39 is 0 Å². The number of nitrogens with one attached hydrogen (secondary N) is 1. The smallest absolute Gasteiger partial charge is 0.144 e. The lowest BCUT2D eigenvalue weighted by molar-refractivity contribution is 0.673. The standard InChI is InChI=1S/C41H27NO/c1-3-13-26(14-4-1)28-23-36(27-15-5-2-6-16-27)42-37(24-28)35-25-34-31-19-8-7-17-29(31)30-18-9-10-20-32(30)39(34)41-40(35)33-21-11-12-22-38(33)43-41/h1-25,36,42H. The van der Waals surface area contributed by atoms with Crippen molar-refractivity contribution >= 4 is 65.5 Å². The number of rotatable bonds is 3. The van der Waals surface area contributed by atoms with Crippen LogP contribution in [0.3, 0.4) is 0 Å². The van der Waals surface area contributed by atoms with E-state index in [4.69, 9.17) is 4.42 Å². The van der Waals surface area contributed by atoms with Gasteiger partial charge in [0.15, 0.2) is 0 Å². The van der Waals surface area contributed by atoms with Crippen molar-refractivity contribution in [1.82, 2.24) is 5.32 Å². The Labute approximate surface area is 249 Å². The topological polar surface area (TPSA) is 25.2 Å². The first-order chi connectivity index (χ1) is 21.3. The van der Waals surface area contributed by atoms with Crippen LogP contribution in [0.2, 0.25) is 0 Å². The van der Waals surface area contributed by atoms with Crippen molar-refractivity contribution in [2.75, 3.05) is 0 Å². The van der Waals surface area contributed by atoms with Gasteiger partial charge >= 0.3 is 0 Å². The Bertz CT molecular complexity index is 2410. The van der Waals surface area contributed by atoms with E-state index in [2.05, 4.69) is 157 Å². The van der Waals surface area contributed by atoms with Crippen LogP contribution in [0.15, 0.2) is 156 Å². The fraction of sp³-hybridized carbons (Fsp3) is 0.0244. The third-order valence-corrected chi connectivity index (χ3v) is 8.87. The number of hydrogen-bond donors (Lipinski definition) is 1. The van der Waals surface area contributed by atoms with E-state index in [1.807, 2.05) is 0 Å². The fourth-order valence-electron chi connectivity index (χ4n) is 6.92. The van der Waals surface area contributed by atoms with Crippen molar-refractivity contribution in [3.8, 4) is 0 Å². The molecule has 43 heavy (non-hydrogen) atoms. The highest BCUT2D eigenvalue weighted by atomic mass is 16.3. The minimum absolute atomic E-state index is 0.0219.